The number of rotatable bonds is 1. The Morgan fingerprint density at radius 1 is 1.20 bits per heavy atom. The molecule has 0 N–H and O–H groups in total. The van der Waals surface area contributed by atoms with Crippen LogP contribution in [0.3, 0.4) is 0 Å². The van der Waals surface area contributed by atoms with Gasteiger partial charge in [-0.25, -0.2) is 0 Å². The topological polar surface area (TPSA) is 0 Å². The molecule has 0 aromatic heterocycles. The Bertz CT molecular complexity index is 170. The first-order valence-corrected chi connectivity index (χ1v) is 4.05. The summed E-state index contributed by atoms with van der Waals surface area (Å²) in [6.45, 7) is 6.80. The zero-order valence-corrected chi connectivity index (χ0v) is 7.15. The van der Waals surface area contributed by atoms with Gasteiger partial charge >= 0.3 is 0 Å². The van der Waals surface area contributed by atoms with Crippen molar-refractivity contribution < 1.29 is 0 Å². The second-order valence-corrected chi connectivity index (χ2v) is 3.34. The molecule has 1 aliphatic carbocycles. The van der Waals surface area contributed by atoms with Crippen LogP contribution in [-0.4, -0.2) is 0 Å². The number of hydrogen-bond donors (Lipinski definition) is 0. The first kappa shape index (κ1) is 7.59. The summed E-state index contributed by atoms with van der Waals surface area (Å²) in [6.07, 6.45) is 6.90. The maximum atomic E-state index is 2.28. The van der Waals surface area contributed by atoms with E-state index in [4.69, 9.17) is 0 Å². The van der Waals surface area contributed by atoms with E-state index in [1.54, 1.807) is 11.1 Å². The smallest absolute Gasteiger partial charge is 0.0133 e. The molecule has 1 rings (SSSR count). The lowest BCUT2D eigenvalue weighted by Crippen LogP contribution is -1.99. The second-order valence-electron chi connectivity index (χ2n) is 3.34. The zero-order valence-electron chi connectivity index (χ0n) is 7.15. The summed E-state index contributed by atoms with van der Waals surface area (Å²) in [4.78, 5) is 0. The number of hydrogen-bond acceptors (Lipinski definition) is 0. The van der Waals surface area contributed by atoms with Gasteiger partial charge in [-0.2, -0.15) is 0 Å². The summed E-state index contributed by atoms with van der Waals surface area (Å²) in [7, 11) is 0. The van der Waals surface area contributed by atoms with Crippen molar-refractivity contribution in [3.8, 4) is 0 Å². The highest BCUT2D eigenvalue weighted by Crippen LogP contribution is 2.24. The molecule has 0 nitrogen and oxygen atoms in total. The highest BCUT2D eigenvalue weighted by molar-refractivity contribution is 5.23. The van der Waals surface area contributed by atoms with Gasteiger partial charge in [-0.05, 0) is 25.7 Å². The summed E-state index contributed by atoms with van der Waals surface area (Å²) in [6, 6.07) is 0. The highest BCUT2D eigenvalue weighted by atomic mass is 14.1. The third kappa shape index (κ3) is 1.50. The lowest BCUT2D eigenvalue weighted by atomic mass is 9.90. The van der Waals surface area contributed by atoms with E-state index in [1.165, 1.54) is 12.8 Å². The van der Waals surface area contributed by atoms with Crippen molar-refractivity contribution in [1.82, 2.24) is 0 Å². The molecule has 0 saturated carbocycles. The molecule has 0 aromatic carbocycles. The summed E-state index contributed by atoms with van der Waals surface area (Å²) >= 11 is 0. The van der Waals surface area contributed by atoms with Gasteiger partial charge in [0.2, 0.25) is 0 Å². The van der Waals surface area contributed by atoms with E-state index in [1.807, 2.05) is 0 Å². The number of allylic oxidation sites excluding steroid dienone is 4. The quantitative estimate of drug-likeness (QED) is 0.485. The van der Waals surface area contributed by atoms with Crippen molar-refractivity contribution in [3.05, 3.63) is 23.3 Å². The summed E-state index contributed by atoms with van der Waals surface area (Å²) in [5.41, 5.74) is 3.22. The van der Waals surface area contributed by atoms with Crippen LogP contribution in [0, 0.1) is 5.92 Å². The molecule has 56 valence electrons. The third-order valence-electron chi connectivity index (χ3n) is 2.17. The van der Waals surface area contributed by atoms with Crippen molar-refractivity contribution >= 4 is 0 Å². The summed E-state index contributed by atoms with van der Waals surface area (Å²) < 4.78 is 0. The van der Waals surface area contributed by atoms with Crippen LogP contribution < -0.4 is 0 Å². The first-order chi connectivity index (χ1) is 4.72. The molecule has 0 saturated heterocycles. The molecular formula is C10H16. The van der Waals surface area contributed by atoms with Crippen LogP contribution >= 0.6 is 0 Å². The standard InChI is InChI=1S/C10H16/c1-8(2)10-7-5-4-6-9(10)3/h4-5,8H,6-7H2,1-3H3. The van der Waals surface area contributed by atoms with E-state index in [-0.39, 0.29) is 0 Å². The average molecular weight is 136 g/mol. The molecule has 0 aliphatic heterocycles. The van der Waals surface area contributed by atoms with Gasteiger partial charge in [-0.15, -0.1) is 0 Å². The second kappa shape index (κ2) is 3.05. The van der Waals surface area contributed by atoms with Crippen LogP contribution in [-0.2, 0) is 0 Å². The van der Waals surface area contributed by atoms with Crippen molar-refractivity contribution in [2.45, 2.75) is 33.6 Å². The largest absolute Gasteiger partial charge is 0.0842 e. The Morgan fingerprint density at radius 3 is 2.20 bits per heavy atom. The lowest BCUT2D eigenvalue weighted by Gasteiger charge is -2.16. The van der Waals surface area contributed by atoms with Crippen LogP contribution in [0.1, 0.15) is 33.6 Å². The molecule has 0 unspecified atom stereocenters. The highest BCUT2D eigenvalue weighted by Gasteiger charge is 2.07. The van der Waals surface area contributed by atoms with E-state index < -0.39 is 0 Å². The Hall–Kier alpha value is -0.520. The third-order valence-corrected chi connectivity index (χ3v) is 2.17. The van der Waals surface area contributed by atoms with E-state index in [2.05, 4.69) is 32.9 Å². The summed E-state index contributed by atoms with van der Waals surface area (Å²) in [5, 5.41) is 0. The van der Waals surface area contributed by atoms with Gasteiger partial charge in [0, 0.05) is 0 Å². The first-order valence-electron chi connectivity index (χ1n) is 4.05. The molecule has 10 heavy (non-hydrogen) atoms. The van der Waals surface area contributed by atoms with Crippen LogP contribution in [0.4, 0.5) is 0 Å². The van der Waals surface area contributed by atoms with Gasteiger partial charge < -0.3 is 0 Å². The van der Waals surface area contributed by atoms with Crippen LogP contribution in [0.2, 0.25) is 0 Å². The predicted molar refractivity (Wildman–Crippen MR) is 45.9 cm³/mol. The van der Waals surface area contributed by atoms with Crippen molar-refractivity contribution in [3.63, 3.8) is 0 Å². The molecular weight excluding hydrogens is 120 g/mol. The maximum Gasteiger partial charge on any atom is -0.0133 e. The fraction of sp³-hybridized carbons (Fsp3) is 0.600. The fourth-order valence-electron chi connectivity index (χ4n) is 1.50. The van der Waals surface area contributed by atoms with Crippen molar-refractivity contribution in [1.29, 1.82) is 0 Å². The molecule has 0 radical (unpaired) electrons. The van der Waals surface area contributed by atoms with Gasteiger partial charge in [-0.1, -0.05) is 37.1 Å². The molecule has 0 bridgehead atoms. The van der Waals surface area contributed by atoms with E-state index in [0.29, 0.717) is 0 Å². The lowest BCUT2D eigenvalue weighted by molar-refractivity contribution is 0.722. The Morgan fingerprint density at radius 2 is 1.80 bits per heavy atom. The van der Waals surface area contributed by atoms with E-state index in [0.717, 1.165) is 5.92 Å². The molecule has 0 heteroatoms. The molecule has 1 aliphatic rings. The average Bonchev–Trinajstić information content (AvgIpc) is 1.88. The van der Waals surface area contributed by atoms with Crippen LogP contribution in [0.15, 0.2) is 23.3 Å². The predicted octanol–water partition coefficient (Wildman–Crippen LogP) is 3.31. The minimum Gasteiger partial charge on any atom is -0.0842 e. The molecule has 0 heterocycles. The molecule has 0 atom stereocenters. The SMILES string of the molecule is CC1=C(C(C)C)CC=CC1. The molecule has 0 spiro atoms. The van der Waals surface area contributed by atoms with Crippen LogP contribution in [0.25, 0.3) is 0 Å². The molecule has 0 aromatic rings. The van der Waals surface area contributed by atoms with Gasteiger partial charge in [-0.3, -0.25) is 0 Å². The maximum absolute atomic E-state index is 2.28. The van der Waals surface area contributed by atoms with Gasteiger partial charge in [0.05, 0.1) is 0 Å². The minimum atomic E-state index is 0.741. The normalized spacial score (nSPS) is 18.8. The monoisotopic (exact) mass is 136 g/mol. The van der Waals surface area contributed by atoms with Crippen molar-refractivity contribution in [2.75, 3.05) is 0 Å². The molecule has 0 fully saturated rings. The Kier molecular flexibility index (Phi) is 2.31. The van der Waals surface area contributed by atoms with Crippen molar-refractivity contribution in [2.24, 2.45) is 5.92 Å². The van der Waals surface area contributed by atoms with Gasteiger partial charge in [0.25, 0.3) is 0 Å². The van der Waals surface area contributed by atoms with E-state index >= 15 is 0 Å². The minimum absolute atomic E-state index is 0.741. The fourth-order valence-corrected chi connectivity index (χ4v) is 1.50. The Balaban J connectivity index is 2.72. The molecule has 0 amide bonds. The Labute approximate surface area is 63.6 Å². The zero-order chi connectivity index (χ0) is 7.56. The van der Waals surface area contributed by atoms with E-state index in [9.17, 15) is 0 Å². The van der Waals surface area contributed by atoms with Gasteiger partial charge in [0.15, 0.2) is 0 Å². The van der Waals surface area contributed by atoms with Gasteiger partial charge in [0.1, 0.15) is 0 Å². The summed E-state index contributed by atoms with van der Waals surface area (Å²) in [5.74, 6) is 0.741. The van der Waals surface area contributed by atoms with Crippen LogP contribution in [0.5, 0.6) is 0 Å².